The minimum absolute atomic E-state index is 0.714. The van der Waals surface area contributed by atoms with Gasteiger partial charge in [-0.1, -0.05) is 0 Å². The first kappa shape index (κ1) is 10.7. The van der Waals surface area contributed by atoms with Crippen LogP contribution in [-0.4, -0.2) is 11.5 Å². The predicted octanol–water partition coefficient (Wildman–Crippen LogP) is 3.11. The number of anilines is 1. The third-order valence-corrected chi connectivity index (χ3v) is 3.12. The number of hydrogen-bond donors (Lipinski definition) is 1. The lowest BCUT2D eigenvalue weighted by molar-refractivity contribution is 1.20. The highest BCUT2D eigenvalue weighted by Gasteiger charge is 2.04. The highest BCUT2D eigenvalue weighted by Crippen LogP contribution is 2.27. The van der Waals surface area contributed by atoms with Crippen LogP contribution in [0.1, 0.15) is 11.8 Å². The molecule has 3 nitrogen and oxygen atoms in total. The molecule has 0 atom stereocenters. The van der Waals surface area contributed by atoms with Crippen molar-refractivity contribution >= 4 is 17.0 Å². The van der Waals surface area contributed by atoms with Crippen molar-refractivity contribution in [2.45, 2.75) is 6.92 Å². The first-order valence-electron chi connectivity index (χ1n) is 5.03. The standard InChI is InChI=1S/C12H11N3S/c1-2-14-9-5-6-15-11(7-9)12-4-3-10(8-13)16-12/h3-7H,2H2,1H3,(H,14,15). The molecular formula is C12H11N3S. The summed E-state index contributed by atoms with van der Waals surface area (Å²) in [5.41, 5.74) is 1.96. The van der Waals surface area contributed by atoms with E-state index in [9.17, 15) is 0 Å². The summed E-state index contributed by atoms with van der Waals surface area (Å²) in [7, 11) is 0. The Bertz CT molecular complexity index is 525. The van der Waals surface area contributed by atoms with Gasteiger partial charge in [0.25, 0.3) is 0 Å². The molecule has 1 N–H and O–H groups in total. The van der Waals surface area contributed by atoms with Crippen LogP contribution in [0.25, 0.3) is 10.6 Å². The summed E-state index contributed by atoms with van der Waals surface area (Å²) in [5, 5.41) is 12.0. The van der Waals surface area contributed by atoms with Gasteiger partial charge in [-0.2, -0.15) is 5.26 Å². The first-order valence-corrected chi connectivity index (χ1v) is 5.85. The van der Waals surface area contributed by atoms with E-state index in [0.717, 1.165) is 22.8 Å². The maximum Gasteiger partial charge on any atom is 0.110 e. The summed E-state index contributed by atoms with van der Waals surface area (Å²) in [6.07, 6.45) is 1.78. The molecule has 0 saturated heterocycles. The lowest BCUT2D eigenvalue weighted by atomic mass is 10.2. The summed E-state index contributed by atoms with van der Waals surface area (Å²) in [6, 6.07) is 9.82. The van der Waals surface area contributed by atoms with E-state index in [2.05, 4.69) is 23.3 Å². The van der Waals surface area contributed by atoms with Gasteiger partial charge >= 0.3 is 0 Å². The second-order valence-corrected chi connectivity index (χ2v) is 4.32. The fourth-order valence-corrected chi connectivity index (χ4v) is 2.19. The van der Waals surface area contributed by atoms with Crippen molar-refractivity contribution in [1.82, 2.24) is 4.98 Å². The number of nitrogens with zero attached hydrogens (tertiary/aromatic N) is 2. The molecule has 0 fully saturated rings. The summed E-state index contributed by atoms with van der Waals surface area (Å²) in [6.45, 7) is 2.94. The van der Waals surface area contributed by atoms with Gasteiger partial charge in [0.1, 0.15) is 10.9 Å². The van der Waals surface area contributed by atoms with Gasteiger partial charge in [0.05, 0.1) is 10.6 Å². The van der Waals surface area contributed by atoms with Gasteiger partial charge in [-0.05, 0) is 31.2 Å². The second kappa shape index (κ2) is 4.77. The molecule has 2 aromatic heterocycles. The van der Waals surface area contributed by atoms with Crippen LogP contribution in [0.2, 0.25) is 0 Å². The minimum Gasteiger partial charge on any atom is -0.385 e. The van der Waals surface area contributed by atoms with E-state index in [1.54, 1.807) is 6.20 Å². The second-order valence-electron chi connectivity index (χ2n) is 3.24. The van der Waals surface area contributed by atoms with Crippen LogP contribution < -0.4 is 5.32 Å². The molecule has 0 unspecified atom stereocenters. The van der Waals surface area contributed by atoms with E-state index < -0.39 is 0 Å². The van der Waals surface area contributed by atoms with Crippen LogP contribution in [0.3, 0.4) is 0 Å². The zero-order valence-corrected chi connectivity index (χ0v) is 9.71. The monoisotopic (exact) mass is 229 g/mol. The molecular weight excluding hydrogens is 218 g/mol. The van der Waals surface area contributed by atoms with E-state index in [1.807, 2.05) is 24.3 Å². The Kier molecular flexibility index (Phi) is 3.18. The van der Waals surface area contributed by atoms with E-state index >= 15 is 0 Å². The number of hydrogen-bond acceptors (Lipinski definition) is 4. The zero-order valence-electron chi connectivity index (χ0n) is 8.90. The van der Waals surface area contributed by atoms with Crippen LogP contribution in [0.5, 0.6) is 0 Å². The lowest BCUT2D eigenvalue weighted by Gasteiger charge is -2.03. The van der Waals surface area contributed by atoms with Crippen LogP contribution in [0, 0.1) is 11.3 Å². The van der Waals surface area contributed by atoms with Gasteiger partial charge in [0.15, 0.2) is 0 Å². The normalized spacial score (nSPS) is 9.75. The molecule has 0 aliphatic heterocycles. The molecule has 0 spiro atoms. The summed E-state index contributed by atoms with van der Waals surface area (Å²) < 4.78 is 0. The van der Waals surface area contributed by atoms with Gasteiger partial charge in [0.2, 0.25) is 0 Å². The predicted molar refractivity (Wildman–Crippen MR) is 66.4 cm³/mol. The topological polar surface area (TPSA) is 48.7 Å². The smallest absolute Gasteiger partial charge is 0.110 e. The number of rotatable bonds is 3. The highest BCUT2D eigenvalue weighted by molar-refractivity contribution is 7.15. The SMILES string of the molecule is CCNc1ccnc(-c2ccc(C#N)s2)c1. The van der Waals surface area contributed by atoms with Gasteiger partial charge in [-0.3, -0.25) is 4.98 Å². The Morgan fingerprint density at radius 3 is 3.00 bits per heavy atom. The molecule has 0 amide bonds. The lowest BCUT2D eigenvalue weighted by Crippen LogP contribution is -1.96. The fraction of sp³-hybridized carbons (Fsp3) is 0.167. The molecule has 2 rings (SSSR count). The summed E-state index contributed by atoms with van der Waals surface area (Å²) >= 11 is 1.46. The van der Waals surface area contributed by atoms with Crippen molar-refractivity contribution in [1.29, 1.82) is 5.26 Å². The first-order chi connectivity index (χ1) is 7.83. The van der Waals surface area contributed by atoms with Gasteiger partial charge in [-0.15, -0.1) is 11.3 Å². The van der Waals surface area contributed by atoms with Crippen molar-refractivity contribution < 1.29 is 0 Å². The van der Waals surface area contributed by atoms with Crippen LogP contribution in [0.4, 0.5) is 5.69 Å². The third-order valence-electron chi connectivity index (χ3n) is 2.11. The highest BCUT2D eigenvalue weighted by atomic mass is 32.1. The van der Waals surface area contributed by atoms with Crippen LogP contribution in [-0.2, 0) is 0 Å². The summed E-state index contributed by atoms with van der Waals surface area (Å²) in [5.74, 6) is 0. The Morgan fingerprint density at radius 1 is 1.44 bits per heavy atom. The molecule has 0 aromatic carbocycles. The Balaban J connectivity index is 2.33. The van der Waals surface area contributed by atoms with E-state index in [-0.39, 0.29) is 0 Å². The van der Waals surface area contributed by atoms with Crippen LogP contribution >= 0.6 is 11.3 Å². The van der Waals surface area contributed by atoms with E-state index in [0.29, 0.717) is 4.88 Å². The number of aromatic nitrogens is 1. The maximum absolute atomic E-state index is 8.76. The molecule has 0 saturated carbocycles. The Labute approximate surface area is 98.4 Å². The van der Waals surface area contributed by atoms with Gasteiger partial charge in [0, 0.05) is 18.4 Å². The zero-order chi connectivity index (χ0) is 11.4. The number of thiophene rings is 1. The molecule has 4 heteroatoms. The van der Waals surface area contributed by atoms with Crippen molar-refractivity contribution in [3.63, 3.8) is 0 Å². The van der Waals surface area contributed by atoms with Crippen molar-refractivity contribution in [3.05, 3.63) is 35.3 Å². The van der Waals surface area contributed by atoms with Gasteiger partial charge < -0.3 is 5.32 Å². The average Bonchev–Trinajstić information content (AvgIpc) is 2.78. The number of nitrogens with one attached hydrogen (secondary N) is 1. The minimum atomic E-state index is 0.714. The number of pyridine rings is 1. The average molecular weight is 229 g/mol. The molecule has 0 aliphatic carbocycles. The summed E-state index contributed by atoms with van der Waals surface area (Å²) in [4.78, 5) is 6.04. The fourth-order valence-electron chi connectivity index (χ4n) is 1.42. The maximum atomic E-state index is 8.76. The molecule has 0 bridgehead atoms. The van der Waals surface area contributed by atoms with Crippen molar-refractivity contribution in [2.24, 2.45) is 0 Å². The quantitative estimate of drug-likeness (QED) is 0.879. The largest absolute Gasteiger partial charge is 0.385 e. The molecule has 2 heterocycles. The molecule has 2 aromatic rings. The molecule has 16 heavy (non-hydrogen) atoms. The van der Waals surface area contributed by atoms with E-state index in [1.165, 1.54) is 11.3 Å². The molecule has 0 radical (unpaired) electrons. The third kappa shape index (κ3) is 2.20. The van der Waals surface area contributed by atoms with Crippen LogP contribution in [0.15, 0.2) is 30.5 Å². The van der Waals surface area contributed by atoms with Crippen molar-refractivity contribution in [2.75, 3.05) is 11.9 Å². The Hall–Kier alpha value is -1.86. The molecule has 80 valence electrons. The van der Waals surface area contributed by atoms with Crippen molar-refractivity contribution in [3.8, 4) is 16.6 Å². The van der Waals surface area contributed by atoms with Gasteiger partial charge in [-0.25, -0.2) is 0 Å². The Morgan fingerprint density at radius 2 is 2.31 bits per heavy atom. The molecule has 0 aliphatic rings. The van der Waals surface area contributed by atoms with E-state index in [4.69, 9.17) is 5.26 Å². The number of nitriles is 1.